The summed E-state index contributed by atoms with van der Waals surface area (Å²) >= 11 is 0. The quantitative estimate of drug-likeness (QED) is 0.462. The molecule has 4 N–H and O–H groups in total. The topological polar surface area (TPSA) is 115 Å². The van der Waals surface area contributed by atoms with E-state index >= 15 is 0 Å². The van der Waals surface area contributed by atoms with Gasteiger partial charge in [0.15, 0.2) is 0 Å². The van der Waals surface area contributed by atoms with Gasteiger partial charge in [0.05, 0.1) is 11.7 Å². The number of pyridine rings is 1. The molecule has 1 aromatic carbocycles. The Morgan fingerprint density at radius 1 is 1.00 bits per heavy atom. The number of hydrazine groups is 1. The van der Waals surface area contributed by atoms with Crippen LogP contribution in [-0.2, 0) is 14.4 Å². The molecule has 202 valence electrons. The lowest BCUT2D eigenvalue weighted by Gasteiger charge is -2.35. The van der Waals surface area contributed by atoms with Crippen LogP contribution in [-0.4, -0.2) is 52.4 Å². The molecule has 9 heteroatoms. The molecule has 9 nitrogen and oxygen atoms in total. The van der Waals surface area contributed by atoms with Crippen LogP contribution in [0.3, 0.4) is 0 Å². The van der Waals surface area contributed by atoms with E-state index in [1.54, 1.807) is 6.92 Å². The summed E-state index contributed by atoms with van der Waals surface area (Å²) in [5.74, 6) is -0.752. The highest BCUT2D eigenvalue weighted by Gasteiger charge is 2.32. The first kappa shape index (κ1) is 27.3. The summed E-state index contributed by atoms with van der Waals surface area (Å²) in [5, 5.41) is 12.6. The summed E-state index contributed by atoms with van der Waals surface area (Å²) in [7, 11) is 0. The normalized spacial score (nSPS) is 26.6. The lowest BCUT2D eigenvalue weighted by Crippen LogP contribution is -2.61. The largest absolute Gasteiger partial charge is 0.377 e. The van der Waals surface area contributed by atoms with Gasteiger partial charge in [-0.05, 0) is 61.8 Å². The van der Waals surface area contributed by atoms with Crippen molar-refractivity contribution in [1.82, 2.24) is 31.4 Å². The van der Waals surface area contributed by atoms with E-state index in [-0.39, 0.29) is 29.7 Å². The monoisotopic (exact) mass is 518 g/mol. The van der Waals surface area contributed by atoms with E-state index in [4.69, 9.17) is 0 Å². The minimum absolute atomic E-state index is 0.0285. The Hall–Kier alpha value is -3.72. The van der Waals surface area contributed by atoms with Crippen molar-refractivity contribution >= 4 is 34.6 Å². The molecule has 0 radical (unpaired) electrons. The summed E-state index contributed by atoms with van der Waals surface area (Å²) in [6.45, 7) is 12.1. The number of amides is 3. The minimum atomic E-state index is -0.759. The Morgan fingerprint density at radius 3 is 2.53 bits per heavy atom. The molecule has 1 saturated heterocycles. The zero-order valence-corrected chi connectivity index (χ0v) is 22.6. The average molecular weight is 519 g/mol. The molecule has 2 aliphatic rings. The molecule has 5 bridgehead atoms. The molecule has 1 aromatic heterocycles. The summed E-state index contributed by atoms with van der Waals surface area (Å²) in [6.07, 6.45) is 7.54. The third kappa shape index (κ3) is 6.39. The Balaban J connectivity index is 1.64. The number of carbonyl (C=O) groups excluding carboxylic acids is 3. The summed E-state index contributed by atoms with van der Waals surface area (Å²) in [6, 6.07) is 6.01. The SMILES string of the molecule is C=C1C/C=C/c2cc3cc(ccc3cn2)[C@@H](C)NC(=O)[C@@H]2CCCN(N2)C(=O)[C@H](C)NC(=O)[C@H](C(C)C)N1. The van der Waals surface area contributed by atoms with Crippen LogP contribution in [0.5, 0.6) is 0 Å². The number of hydrogen-bond acceptors (Lipinski definition) is 6. The van der Waals surface area contributed by atoms with Crippen molar-refractivity contribution in [2.24, 2.45) is 5.92 Å². The molecule has 38 heavy (non-hydrogen) atoms. The van der Waals surface area contributed by atoms with Gasteiger partial charge >= 0.3 is 0 Å². The van der Waals surface area contributed by atoms with E-state index in [2.05, 4.69) is 39.0 Å². The fraction of sp³-hybridized carbons (Fsp3) is 0.448. The smallest absolute Gasteiger partial charge is 0.258 e. The maximum atomic E-state index is 13.2. The predicted octanol–water partition coefficient (Wildman–Crippen LogP) is 2.96. The zero-order chi connectivity index (χ0) is 27.4. The first-order valence-electron chi connectivity index (χ1n) is 13.3. The molecule has 3 amide bonds. The van der Waals surface area contributed by atoms with Crippen LogP contribution in [0.15, 0.2) is 48.8 Å². The number of allylic oxidation sites excluding steroid dienone is 1. The molecular weight excluding hydrogens is 480 g/mol. The van der Waals surface area contributed by atoms with Crippen molar-refractivity contribution in [3.05, 3.63) is 60.1 Å². The van der Waals surface area contributed by atoms with Gasteiger partial charge in [0.2, 0.25) is 11.8 Å². The highest BCUT2D eigenvalue weighted by Crippen LogP contribution is 2.22. The van der Waals surface area contributed by atoms with Crippen LogP contribution < -0.4 is 21.4 Å². The maximum absolute atomic E-state index is 13.2. The Labute approximate surface area is 224 Å². The second kappa shape index (κ2) is 11.8. The molecule has 4 atom stereocenters. The van der Waals surface area contributed by atoms with E-state index in [1.165, 1.54) is 5.01 Å². The van der Waals surface area contributed by atoms with Crippen molar-refractivity contribution in [3.8, 4) is 0 Å². The van der Waals surface area contributed by atoms with Gasteiger partial charge in [-0.3, -0.25) is 24.4 Å². The molecule has 3 heterocycles. The number of nitrogens with zero attached hydrogens (tertiary/aromatic N) is 2. The number of aromatic nitrogens is 1. The number of fused-ring (bicyclic) bond motifs is 4. The van der Waals surface area contributed by atoms with Crippen LogP contribution in [0.1, 0.15) is 64.3 Å². The molecule has 1 fully saturated rings. The van der Waals surface area contributed by atoms with Crippen LogP contribution in [0.2, 0.25) is 0 Å². The average Bonchev–Trinajstić information content (AvgIpc) is 2.90. The molecule has 2 aromatic rings. The van der Waals surface area contributed by atoms with Gasteiger partial charge in [-0.15, -0.1) is 0 Å². The van der Waals surface area contributed by atoms with Gasteiger partial charge in [-0.25, -0.2) is 5.43 Å². The highest BCUT2D eigenvalue weighted by molar-refractivity contribution is 5.90. The molecule has 0 unspecified atom stereocenters. The van der Waals surface area contributed by atoms with Gasteiger partial charge in [0.1, 0.15) is 18.1 Å². The fourth-order valence-electron chi connectivity index (χ4n) is 4.80. The van der Waals surface area contributed by atoms with E-state index in [0.29, 0.717) is 31.5 Å². The highest BCUT2D eigenvalue weighted by atomic mass is 16.2. The van der Waals surface area contributed by atoms with Gasteiger partial charge in [-0.1, -0.05) is 38.6 Å². The molecule has 4 rings (SSSR count). The molecular formula is C29H38N6O3. The molecule has 0 spiro atoms. The van der Waals surface area contributed by atoms with Gasteiger partial charge in [-0.2, -0.15) is 0 Å². The first-order chi connectivity index (χ1) is 18.1. The van der Waals surface area contributed by atoms with Gasteiger partial charge < -0.3 is 16.0 Å². The van der Waals surface area contributed by atoms with Crippen molar-refractivity contribution in [2.45, 2.75) is 71.1 Å². The Morgan fingerprint density at radius 2 is 1.76 bits per heavy atom. The number of carbonyl (C=O) groups is 3. The van der Waals surface area contributed by atoms with Crippen molar-refractivity contribution in [2.75, 3.05) is 6.54 Å². The van der Waals surface area contributed by atoms with E-state index in [0.717, 1.165) is 22.0 Å². The first-order valence-corrected chi connectivity index (χ1v) is 13.3. The van der Waals surface area contributed by atoms with Gasteiger partial charge in [0.25, 0.3) is 5.91 Å². The zero-order valence-electron chi connectivity index (χ0n) is 22.6. The maximum Gasteiger partial charge on any atom is 0.258 e. The standard InChI is InChI=1S/C29H38N6O3/c1-17(2)26-28(37)33-20(5)29(38)35-13-7-10-25(34-35)27(36)32-19(4)21-11-12-22-16-30-24(15-23(22)14-21)9-6-8-18(3)31-26/h6,9,11-12,14-17,19-20,25-26,31,34H,3,7-8,10,13H2,1-2,4-5H3,(H,32,36)(H,33,37)/b9-6+/t19-,20+,25+,26+/m1/s1. The van der Waals surface area contributed by atoms with Crippen LogP contribution in [0.25, 0.3) is 16.8 Å². The molecule has 0 saturated carbocycles. The van der Waals surface area contributed by atoms with Crippen molar-refractivity contribution in [1.29, 1.82) is 0 Å². The summed E-state index contributed by atoms with van der Waals surface area (Å²) in [4.78, 5) is 43.9. The fourth-order valence-corrected chi connectivity index (χ4v) is 4.80. The van der Waals surface area contributed by atoms with E-state index < -0.39 is 18.1 Å². The Kier molecular flexibility index (Phi) is 8.46. The predicted molar refractivity (Wildman–Crippen MR) is 148 cm³/mol. The number of rotatable bonds is 1. The molecule has 0 aliphatic carbocycles. The summed E-state index contributed by atoms with van der Waals surface area (Å²) < 4.78 is 0. The second-order valence-corrected chi connectivity index (χ2v) is 10.6. The minimum Gasteiger partial charge on any atom is -0.377 e. The van der Waals surface area contributed by atoms with Crippen LogP contribution >= 0.6 is 0 Å². The lowest BCUT2D eigenvalue weighted by atomic mass is 10.0. The second-order valence-electron chi connectivity index (χ2n) is 10.6. The van der Waals surface area contributed by atoms with Gasteiger partial charge in [0, 0.05) is 30.2 Å². The molecule has 2 aliphatic heterocycles. The third-order valence-corrected chi connectivity index (χ3v) is 7.09. The van der Waals surface area contributed by atoms with Crippen LogP contribution in [0, 0.1) is 5.92 Å². The number of nitrogens with one attached hydrogen (secondary N) is 4. The lowest BCUT2D eigenvalue weighted by molar-refractivity contribution is -0.143. The van der Waals surface area contributed by atoms with Crippen molar-refractivity contribution < 1.29 is 14.4 Å². The van der Waals surface area contributed by atoms with E-state index in [9.17, 15) is 14.4 Å². The Bertz CT molecular complexity index is 1260. The number of benzene rings is 1. The van der Waals surface area contributed by atoms with Crippen LogP contribution in [0.4, 0.5) is 0 Å². The van der Waals surface area contributed by atoms with Crippen molar-refractivity contribution in [3.63, 3.8) is 0 Å². The summed E-state index contributed by atoms with van der Waals surface area (Å²) in [5.41, 5.74) is 5.56. The van der Waals surface area contributed by atoms with E-state index in [1.807, 2.05) is 57.3 Å². The number of hydrogen-bond donors (Lipinski definition) is 4. The third-order valence-electron chi connectivity index (χ3n) is 7.09.